The van der Waals surface area contributed by atoms with E-state index in [9.17, 15) is 36.4 Å². The number of hydrogen-bond acceptors (Lipinski definition) is 8. The van der Waals surface area contributed by atoms with Gasteiger partial charge in [-0.05, 0) is 24.3 Å². The van der Waals surface area contributed by atoms with Gasteiger partial charge in [-0.3, -0.25) is 9.36 Å². The summed E-state index contributed by atoms with van der Waals surface area (Å²) in [5.74, 6) is -5.55. The zero-order valence-corrected chi connectivity index (χ0v) is 18.3. The molecular weight excluding hydrogens is 506 g/mol. The van der Waals surface area contributed by atoms with E-state index in [1.165, 1.54) is 12.1 Å². The Bertz CT molecular complexity index is 1610. The zero-order valence-electron chi connectivity index (χ0n) is 18.3. The topological polar surface area (TPSA) is 149 Å². The van der Waals surface area contributed by atoms with E-state index >= 15 is 0 Å². The number of alkyl halides is 3. The smallest absolute Gasteiger partial charge is 0.382 e. The van der Waals surface area contributed by atoms with Crippen LogP contribution in [0.25, 0.3) is 16.6 Å². The van der Waals surface area contributed by atoms with E-state index in [2.05, 4.69) is 20.3 Å². The third-order valence-corrected chi connectivity index (χ3v) is 5.10. The molecule has 15 heteroatoms. The first-order chi connectivity index (χ1) is 17.4. The third kappa shape index (κ3) is 5.08. The Kier molecular flexibility index (Phi) is 6.34. The van der Waals surface area contributed by atoms with Gasteiger partial charge < -0.3 is 16.8 Å². The van der Waals surface area contributed by atoms with Crippen LogP contribution in [0.15, 0.2) is 41.2 Å². The highest BCUT2D eigenvalue weighted by molar-refractivity contribution is 5.79. The molecule has 0 saturated heterocycles. The van der Waals surface area contributed by atoms with Crippen LogP contribution in [0.2, 0.25) is 0 Å². The fourth-order valence-corrected chi connectivity index (χ4v) is 3.67. The maximum absolute atomic E-state index is 14.6. The van der Waals surface area contributed by atoms with E-state index in [0.717, 1.165) is 6.07 Å². The normalized spacial score (nSPS) is 12.4. The molecule has 0 aliphatic rings. The molecule has 2 heterocycles. The number of rotatable bonds is 5. The van der Waals surface area contributed by atoms with Gasteiger partial charge in [0.1, 0.15) is 46.1 Å². The van der Waals surface area contributed by atoms with Gasteiger partial charge in [0, 0.05) is 6.07 Å². The Morgan fingerprint density at radius 1 is 1.05 bits per heavy atom. The molecule has 0 saturated carbocycles. The molecule has 4 aromatic rings. The molecule has 0 bridgehead atoms. The highest BCUT2D eigenvalue weighted by Gasteiger charge is 2.36. The summed E-state index contributed by atoms with van der Waals surface area (Å²) in [7, 11) is 0. The van der Waals surface area contributed by atoms with Crippen LogP contribution in [0, 0.1) is 28.8 Å². The van der Waals surface area contributed by atoms with E-state index in [4.69, 9.17) is 11.5 Å². The summed E-state index contributed by atoms with van der Waals surface area (Å²) >= 11 is 0. The minimum Gasteiger partial charge on any atom is -0.382 e. The fraction of sp³-hybridized carbons (Fsp3) is 0.136. The number of nitriles is 1. The molecular formula is C22H14F6N8O. The standard InChI is InChI=1S/C22H14F6N8O/c23-9-4-10(24)6-11(5-9)36-19(33-14-3-1-2-13(25)16(14)20(36)37)15(7-22(26,27)28)32-18-12(8-29)17(30)34-21(31)35-18/h1-6,15H,7H2,(H5,30,31,32,34,35)/t15-/m0/s1. The van der Waals surface area contributed by atoms with Crippen LogP contribution in [0.4, 0.5) is 43.9 Å². The lowest BCUT2D eigenvalue weighted by molar-refractivity contribution is -0.137. The SMILES string of the molecule is N#Cc1c(N)nc(N)nc1N[C@@H](CC(F)(F)F)c1nc2cccc(F)c2c(=O)n1-c1cc(F)cc(F)c1. The van der Waals surface area contributed by atoms with Crippen molar-refractivity contribution >= 4 is 28.5 Å². The molecule has 0 aliphatic heterocycles. The number of aromatic nitrogens is 4. The highest BCUT2D eigenvalue weighted by atomic mass is 19.4. The van der Waals surface area contributed by atoms with Crippen molar-refractivity contribution in [3.8, 4) is 11.8 Å². The average Bonchev–Trinajstić information content (AvgIpc) is 2.76. The quantitative estimate of drug-likeness (QED) is 0.337. The summed E-state index contributed by atoms with van der Waals surface area (Å²) in [5.41, 5.74) is 8.57. The van der Waals surface area contributed by atoms with Crippen molar-refractivity contribution in [2.24, 2.45) is 0 Å². The summed E-state index contributed by atoms with van der Waals surface area (Å²) < 4.78 is 84.2. The van der Waals surface area contributed by atoms with Gasteiger partial charge in [0.15, 0.2) is 5.82 Å². The number of nitrogens with one attached hydrogen (secondary N) is 1. The van der Waals surface area contributed by atoms with Crippen LogP contribution in [-0.2, 0) is 0 Å². The number of nitrogens with two attached hydrogens (primary N) is 2. The predicted molar refractivity (Wildman–Crippen MR) is 120 cm³/mol. The molecule has 37 heavy (non-hydrogen) atoms. The maximum atomic E-state index is 14.6. The number of anilines is 3. The lowest BCUT2D eigenvalue weighted by Gasteiger charge is -2.24. The van der Waals surface area contributed by atoms with E-state index in [1.807, 2.05) is 0 Å². The van der Waals surface area contributed by atoms with Crippen LogP contribution in [0.5, 0.6) is 0 Å². The molecule has 9 nitrogen and oxygen atoms in total. The summed E-state index contributed by atoms with van der Waals surface area (Å²) in [4.78, 5) is 24.7. The van der Waals surface area contributed by atoms with E-state index < -0.39 is 81.7 Å². The van der Waals surface area contributed by atoms with Gasteiger partial charge in [0.05, 0.1) is 23.7 Å². The first-order valence-corrected chi connectivity index (χ1v) is 10.2. The van der Waals surface area contributed by atoms with Crippen molar-refractivity contribution in [1.29, 1.82) is 5.26 Å². The number of nitrogen functional groups attached to an aromatic ring is 2. The predicted octanol–water partition coefficient (Wildman–Crippen LogP) is 3.73. The zero-order chi connectivity index (χ0) is 27.1. The molecule has 190 valence electrons. The molecule has 0 spiro atoms. The van der Waals surface area contributed by atoms with E-state index in [-0.39, 0.29) is 5.52 Å². The van der Waals surface area contributed by atoms with Crippen LogP contribution < -0.4 is 22.3 Å². The fourth-order valence-electron chi connectivity index (χ4n) is 3.67. The summed E-state index contributed by atoms with van der Waals surface area (Å²) in [6, 6.07) is 4.68. The van der Waals surface area contributed by atoms with Crippen molar-refractivity contribution in [1.82, 2.24) is 19.5 Å². The van der Waals surface area contributed by atoms with Crippen molar-refractivity contribution in [2.75, 3.05) is 16.8 Å². The Balaban J connectivity index is 2.06. The minimum atomic E-state index is -4.90. The molecule has 2 aromatic heterocycles. The monoisotopic (exact) mass is 520 g/mol. The second-order valence-corrected chi connectivity index (χ2v) is 7.69. The van der Waals surface area contributed by atoms with Gasteiger partial charge in [0.2, 0.25) is 5.95 Å². The molecule has 4 rings (SSSR count). The largest absolute Gasteiger partial charge is 0.391 e. The molecule has 0 unspecified atom stereocenters. The summed E-state index contributed by atoms with van der Waals surface area (Å²) in [6.07, 6.45) is -6.62. The second kappa shape index (κ2) is 9.30. The van der Waals surface area contributed by atoms with Crippen molar-refractivity contribution in [3.05, 3.63) is 75.6 Å². The Morgan fingerprint density at radius 2 is 1.73 bits per heavy atom. The molecule has 5 N–H and O–H groups in total. The van der Waals surface area contributed by atoms with Crippen LogP contribution in [0.1, 0.15) is 23.9 Å². The maximum Gasteiger partial charge on any atom is 0.391 e. The number of benzene rings is 2. The highest BCUT2D eigenvalue weighted by Crippen LogP contribution is 2.34. The number of halogens is 6. The molecule has 0 radical (unpaired) electrons. The van der Waals surface area contributed by atoms with Gasteiger partial charge in [-0.25, -0.2) is 18.2 Å². The lowest BCUT2D eigenvalue weighted by Crippen LogP contribution is -2.31. The minimum absolute atomic E-state index is 0.329. The summed E-state index contributed by atoms with van der Waals surface area (Å²) in [5, 5.41) is 11.1. The Labute approximate surface area is 203 Å². The van der Waals surface area contributed by atoms with Gasteiger partial charge in [-0.15, -0.1) is 0 Å². The average molecular weight is 520 g/mol. The number of nitrogens with zero attached hydrogens (tertiary/aromatic N) is 5. The van der Waals surface area contributed by atoms with Crippen LogP contribution >= 0.6 is 0 Å². The van der Waals surface area contributed by atoms with Gasteiger partial charge in [-0.2, -0.15) is 28.4 Å². The van der Waals surface area contributed by atoms with Gasteiger partial charge >= 0.3 is 6.18 Å². The van der Waals surface area contributed by atoms with Crippen LogP contribution in [-0.4, -0.2) is 25.7 Å². The molecule has 1 atom stereocenters. The number of fused-ring (bicyclic) bond motifs is 1. The van der Waals surface area contributed by atoms with Crippen molar-refractivity contribution < 1.29 is 26.3 Å². The van der Waals surface area contributed by atoms with Gasteiger partial charge in [-0.1, -0.05) is 6.07 Å². The van der Waals surface area contributed by atoms with Crippen molar-refractivity contribution in [2.45, 2.75) is 18.6 Å². The van der Waals surface area contributed by atoms with Gasteiger partial charge in [0.25, 0.3) is 5.56 Å². The first kappa shape index (κ1) is 25.2. The Hall–Kier alpha value is -4.87. The third-order valence-electron chi connectivity index (χ3n) is 5.10. The summed E-state index contributed by atoms with van der Waals surface area (Å²) in [6.45, 7) is 0. The lowest BCUT2D eigenvalue weighted by atomic mass is 10.1. The number of hydrogen-bond donors (Lipinski definition) is 3. The van der Waals surface area contributed by atoms with Crippen molar-refractivity contribution in [3.63, 3.8) is 0 Å². The molecule has 0 amide bonds. The Morgan fingerprint density at radius 3 is 2.35 bits per heavy atom. The van der Waals surface area contributed by atoms with E-state index in [0.29, 0.717) is 22.8 Å². The van der Waals surface area contributed by atoms with E-state index in [1.54, 1.807) is 6.07 Å². The molecule has 0 fully saturated rings. The first-order valence-electron chi connectivity index (χ1n) is 10.2. The molecule has 0 aliphatic carbocycles. The second-order valence-electron chi connectivity index (χ2n) is 7.69. The van der Waals surface area contributed by atoms with Crippen LogP contribution in [0.3, 0.4) is 0 Å². The molecule has 2 aromatic carbocycles.